The summed E-state index contributed by atoms with van der Waals surface area (Å²) in [5, 5.41) is 0. The summed E-state index contributed by atoms with van der Waals surface area (Å²) in [7, 11) is 0. The zero-order chi connectivity index (χ0) is 15.1. The van der Waals surface area contributed by atoms with E-state index in [2.05, 4.69) is 60.6 Å². The lowest BCUT2D eigenvalue weighted by Crippen LogP contribution is -2.15. The van der Waals surface area contributed by atoms with E-state index in [4.69, 9.17) is 5.73 Å². The Kier molecular flexibility index (Phi) is 7.88. The Morgan fingerprint density at radius 1 is 1.11 bits per heavy atom. The van der Waals surface area contributed by atoms with E-state index in [0.29, 0.717) is 5.41 Å². The highest BCUT2D eigenvalue weighted by Gasteiger charge is 2.18. The summed E-state index contributed by atoms with van der Waals surface area (Å²) in [6.07, 6.45) is 6.46. The van der Waals surface area contributed by atoms with Gasteiger partial charge in [-0.1, -0.05) is 60.6 Å². The molecule has 0 saturated carbocycles. The number of hydrogen-bond acceptors (Lipinski definition) is 2. The molecule has 112 valence electrons. The normalized spacial score (nSPS) is 14.9. The first-order valence-corrected chi connectivity index (χ1v) is 8.47. The first-order valence-electron chi connectivity index (χ1n) is 7.31. The molecule has 0 aromatic rings. The van der Waals surface area contributed by atoms with Crippen LogP contribution in [0.2, 0.25) is 0 Å². The Hall–Kier alpha value is -0.370. The number of allylic oxidation sites excluding steroid dienone is 4. The minimum Gasteiger partial charge on any atom is -0.402 e. The average molecular weight is 284 g/mol. The lowest BCUT2D eigenvalue weighted by atomic mass is 9.84. The van der Waals surface area contributed by atoms with Gasteiger partial charge in [0.05, 0.1) is 0 Å². The summed E-state index contributed by atoms with van der Waals surface area (Å²) in [6, 6.07) is 0. The maximum absolute atomic E-state index is 6.31. The minimum absolute atomic E-state index is 0.129. The van der Waals surface area contributed by atoms with Gasteiger partial charge in [-0.2, -0.15) is 11.8 Å². The van der Waals surface area contributed by atoms with Crippen LogP contribution in [0, 0.1) is 10.8 Å². The molecule has 0 saturated heterocycles. The molecule has 0 unspecified atom stereocenters. The topological polar surface area (TPSA) is 26.0 Å². The van der Waals surface area contributed by atoms with Crippen LogP contribution in [0.15, 0.2) is 23.4 Å². The third-order valence-corrected chi connectivity index (χ3v) is 4.29. The molecule has 0 aliphatic heterocycles. The van der Waals surface area contributed by atoms with Crippen LogP contribution in [0.5, 0.6) is 0 Å². The fourth-order valence-corrected chi connectivity index (χ4v) is 2.89. The fourth-order valence-electron chi connectivity index (χ4n) is 1.77. The number of nitrogens with two attached hydrogens (primary N) is 1. The summed E-state index contributed by atoms with van der Waals surface area (Å²) >= 11 is 2.00. The van der Waals surface area contributed by atoms with Crippen LogP contribution >= 0.6 is 11.8 Å². The molecular weight excluding hydrogens is 250 g/mol. The zero-order valence-electron chi connectivity index (χ0n) is 14.0. The van der Waals surface area contributed by atoms with Crippen molar-refractivity contribution in [3.63, 3.8) is 0 Å². The zero-order valence-corrected chi connectivity index (χ0v) is 14.8. The third kappa shape index (κ3) is 9.21. The lowest BCUT2D eigenvalue weighted by Gasteiger charge is -2.23. The summed E-state index contributed by atoms with van der Waals surface area (Å²) in [4.78, 5) is 0. The van der Waals surface area contributed by atoms with E-state index in [1.54, 1.807) is 0 Å². The van der Waals surface area contributed by atoms with Gasteiger partial charge in [-0.15, -0.1) is 0 Å². The van der Waals surface area contributed by atoms with E-state index in [1.165, 1.54) is 11.3 Å². The molecule has 0 bridgehead atoms. The van der Waals surface area contributed by atoms with Crippen molar-refractivity contribution < 1.29 is 0 Å². The third-order valence-electron chi connectivity index (χ3n) is 2.72. The first kappa shape index (κ1) is 18.6. The molecule has 0 aliphatic rings. The van der Waals surface area contributed by atoms with E-state index in [-0.39, 0.29) is 5.41 Å². The largest absolute Gasteiger partial charge is 0.402 e. The molecule has 19 heavy (non-hydrogen) atoms. The van der Waals surface area contributed by atoms with Gasteiger partial charge in [0.15, 0.2) is 0 Å². The summed E-state index contributed by atoms with van der Waals surface area (Å²) in [5.74, 6) is 2.30. The highest BCUT2D eigenvalue weighted by Crippen LogP contribution is 2.30. The van der Waals surface area contributed by atoms with Crippen LogP contribution in [-0.2, 0) is 0 Å². The smallest absolute Gasteiger partial charge is 0.0127 e. The second kappa shape index (κ2) is 8.04. The monoisotopic (exact) mass is 283 g/mol. The van der Waals surface area contributed by atoms with Crippen LogP contribution in [0.25, 0.3) is 0 Å². The number of rotatable bonds is 6. The van der Waals surface area contributed by atoms with Crippen molar-refractivity contribution >= 4 is 11.8 Å². The van der Waals surface area contributed by atoms with Gasteiger partial charge in [0.2, 0.25) is 0 Å². The van der Waals surface area contributed by atoms with Gasteiger partial charge in [-0.05, 0) is 40.8 Å². The fraction of sp³-hybridized carbons (Fsp3) is 0.765. The molecule has 0 amide bonds. The van der Waals surface area contributed by atoms with Gasteiger partial charge in [-0.25, -0.2) is 0 Å². The predicted molar refractivity (Wildman–Crippen MR) is 91.5 cm³/mol. The Labute approximate surface area is 125 Å². The Balaban J connectivity index is 4.56. The molecule has 2 N–H and O–H groups in total. The highest BCUT2D eigenvalue weighted by atomic mass is 32.2. The molecular formula is C17H33NS. The molecule has 2 heteroatoms. The van der Waals surface area contributed by atoms with Crippen LogP contribution < -0.4 is 5.73 Å². The van der Waals surface area contributed by atoms with Crippen molar-refractivity contribution in [2.24, 2.45) is 16.6 Å². The molecule has 0 aromatic heterocycles. The summed E-state index contributed by atoms with van der Waals surface area (Å²) in [5.41, 5.74) is 9.19. The molecule has 1 nitrogen and oxygen atoms in total. The molecule has 0 fully saturated rings. The van der Waals surface area contributed by atoms with Crippen molar-refractivity contribution in [3.8, 4) is 0 Å². The van der Waals surface area contributed by atoms with Gasteiger partial charge < -0.3 is 5.73 Å². The minimum atomic E-state index is 0.129. The first-order chi connectivity index (χ1) is 8.58. The SMILES string of the molecule is CC/C=C\C(=C(/N)CCSCC(C)(C)C)C(C)(C)C. The molecule has 0 atom stereocenters. The molecule has 0 spiro atoms. The Bertz CT molecular complexity index is 313. The molecule has 0 aromatic carbocycles. The van der Waals surface area contributed by atoms with Crippen LogP contribution in [0.1, 0.15) is 61.3 Å². The van der Waals surface area contributed by atoms with E-state index < -0.39 is 0 Å². The lowest BCUT2D eigenvalue weighted by molar-refractivity contribution is 0.480. The second-order valence-corrected chi connectivity index (χ2v) is 8.47. The summed E-state index contributed by atoms with van der Waals surface area (Å²) < 4.78 is 0. The molecule has 0 rings (SSSR count). The van der Waals surface area contributed by atoms with Crippen molar-refractivity contribution in [2.45, 2.75) is 61.3 Å². The number of thioether (sulfide) groups is 1. The van der Waals surface area contributed by atoms with E-state index >= 15 is 0 Å². The Morgan fingerprint density at radius 2 is 1.68 bits per heavy atom. The van der Waals surface area contributed by atoms with Gasteiger partial charge in [0.25, 0.3) is 0 Å². The maximum Gasteiger partial charge on any atom is 0.0127 e. The maximum atomic E-state index is 6.31. The van der Waals surface area contributed by atoms with Crippen LogP contribution in [0.4, 0.5) is 0 Å². The van der Waals surface area contributed by atoms with Gasteiger partial charge >= 0.3 is 0 Å². The van der Waals surface area contributed by atoms with E-state index in [9.17, 15) is 0 Å². The molecule has 0 heterocycles. The summed E-state index contributed by atoms with van der Waals surface area (Å²) in [6.45, 7) is 15.7. The Morgan fingerprint density at radius 3 is 2.11 bits per heavy atom. The van der Waals surface area contributed by atoms with Crippen molar-refractivity contribution in [2.75, 3.05) is 11.5 Å². The predicted octanol–water partition coefficient (Wildman–Crippen LogP) is 5.38. The quantitative estimate of drug-likeness (QED) is 0.523. The highest BCUT2D eigenvalue weighted by molar-refractivity contribution is 7.99. The van der Waals surface area contributed by atoms with Gasteiger partial charge in [-0.3, -0.25) is 0 Å². The second-order valence-electron chi connectivity index (χ2n) is 7.36. The van der Waals surface area contributed by atoms with E-state index in [1.807, 2.05) is 11.8 Å². The molecule has 0 radical (unpaired) electrons. The van der Waals surface area contributed by atoms with Crippen LogP contribution in [0.3, 0.4) is 0 Å². The molecule has 0 aliphatic carbocycles. The van der Waals surface area contributed by atoms with Gasteiger partial charge in [0, 0.05) is 5.70 Å². The van der Waals surface area contributed by atoms with E-state index in [0.717, 1.165) is 24.3 Å². The van der Waals surface area contributed by atoms with Crippen molar-refractivity contribution in [1.82, 2.24) is 0 Å². The average Bonchev–Trinajstić information content (AvgIpc) is 2.21. The van der Waals surface area contributed by atoms with Crippen LogP contribution in [-0.4, -0.2) is 11.5 Å². The van der Waals surface area contributed by atoms with Crippen molar-refractivity contribution in [1.29, 1.82) is 0 Å². The standard InChI is InChI=1S/C17H33NS/c1-8-9-10-14(17(5,6)7)15(18)11-12-19-13-16(2,3)4/h9-10H,8,11-13,18H2,1-7H3/b10-9-,15-14+. The van der Waals surface area contributed by atoms with Gasteiger partial charge in [0.1, 0.15) is 0 Å². The van der Waals surface area contributed by atoms with Crippen molar-refractivity contribution in [3.05, 3.63) is 23.4 Å². The number of hydrogen-bond donors (Lipinski definition) is 1.